The van der Waals surface area contributed by atoms with Crippen molar-refractivity contribution in [3.05, 3.63) is 10.6 Å². The van der Waals surface area contributed by atoms with Gasteiger partial charge in [0.1, 0.15) is 6.61 Å². The largest absolute Gasteiger partial charge is 0.388 e. The minimum Gasteiger partial charge on any atom is -0.388 e. The molecule has 1 aliphatic rings. The van der Waals surface area contributed by atoms with Crippen LogP contribution in [0.2, 0.25) is 0 Å². The highest BCUT2D eigenvalue weighted by atomic mass is 32.2. The van der Waals surface area contributed by atoms with Crippen LogP contribution in [0.5, 0.6) is 0 Å². The van der Waals surface area contributed by atoms with Crippen LogP contribution in [-0.2, 0) is 13.2 Å². The van der Waals surface area contributed by atoms with Gasteiger partial charge in [-0.2, -0.15) is 28.6 Å². The lowest BCUT2D eigenvalue weighted by Gasteiger charge is -2.21. The van der Waals surface area contributed by atoms with E-state index in [1.165, 1.54) is 11.5 Å². The molecule has 0 amide bonds. The molecule has 0 aromatic carbocycles. The molecule has 2 heterocycles. The highest BCUT2D eigenvalue weighted by molar-refractivity contribution is 8.06. The van der Waals surface area contributed by atoms with Gasteiger partial charge in [0.25, 0.3) is 0 Å². The van der Waals surface area contributed by atoms with E-state index in [2.05, 4.69) is 10.2 Å². The van der Waals surface area contributed by atoms with E-state index in [1.54, 1.807) is 0 Å². The van der Waals surface area contributed by atoms with Crippen molar-refractivity contribution in [2.75, 3.05) is 17.3 Å². The summed E-state index contributed by atoms with van der Waals surface area (Å²) >= 11 is 9.09. The summed E-state index contributed by atoms with van der Waals surface area (Å²) in [6.07, 6.45) is 0. The van der Waals surface area contributed by atoms with Crippen molar-refractivity contribution in [1.29, 1.82) is 0 Å². The first-order valence-corrected chi connectivity index (χ1v) is 7.36. The zero-order chi connectivity index (χ0) is 10.7. The molecule has 0 radical (unpaired) electrons. The van der Waals surface area contributed by atoms with Gasteiger partial charge in [-0.15, -0.1) is 0 Å². The second-order valence-electron chi connectivity index (χ2n) is 3.28. The van der Waals surface area contributed by atoms with Crippen LogP contribution >= 0.6 is 35.7 Å². The van der Waals surface area contributed by atoms with E-state index in [1.807, 2.05) is 28.1 Å². The van der Waals surface area contributed by atoms with Crippen LogP contribution in [0.1, 0.15) is 5.82 Å². The van der Waals surface area contributed by atoms with Crippen molar-refractivity contribution < 1.29 is 5.11 Å². The van der Waals surface area contributed by atoms with Gasteiger partial charge in [0.05, 0.1) is 0 Å². The molecular formula is C8H13N3OS3. The Labute approximate surface area is 102 Å². The molecule has 7 heteroatoms. The molecule has 1 saturated heterocycles. The monoisotopic (exact) mass is 263 g/mol. The first-order valence-electron chi connectivity index (χ1n) is 4.75. The third-order valence-corrected chi connectivity index (χ3v) is 5.39. The molecule has 2 rings (SSSR count). The smallest absolute Gasteiger partial charge is 0.195 e. The summed E-state index contributed by atoms with van der Waals surface area (Å²) in [4.78, 5) is 0. The molecule has 84 valence electrons. The lowest BCUT2D eigenvalue weighted by atomic mass is 10.4. The third-order valence-electron chi connectivity index (χ3n) is 2.25. The first kappa shape index (κ1) is 11.5. The van der Waals surface area contributed by atoms with Gasteiger partial charge in [-0.1, -0.05) is 0 Å². The topological polar surface area (TPSA) is 53.8 Å². The Balaban J connectivity index is 2.08. The van der Waals surface area contributed by atoms with E-state index in [0.29, 0.717) is 15.8 Å². The molecule has 1 aliphatic heterocycles. The quantitative estimate of drug-likeness (QED) is 0.805. The maximum atomic E-state index is 9.10. The molecule has 1 unspecified atom stereocenters. The Bertz CT molecular complexity index is 369. The molecule has 1 aromatic rings. The Morgan fingerprint density at radius 2 is 2.47 bits per heavy atom. The summed E-state index contributed by atoms with van der Waals surface area (Å²) in [6, 6.07) is 0. The summed E-state index contributed by atoms with van der Waals surface area (Å²) < 4.78 is 2.51. The van der Waals surface area contributed by atoms with Gasteiger partial charge >= 0.3 is 0 Å². The molecule has 15 heavy (non-hydrogen) atoms. The number of aliphatic hydroxyl groups is 1. The molecule has 1 fully saturated rings. The molecule has 0 bridgehead atoms. The lowest BCUT2D eigenvalue weighted by molar-refractivity contribution is 0.264. The standard InChI is InChI=1S/C8H13N3OS3/c12-4-7-9-10-8(13)11(7)3-6-5-14-1-2-15-6/h6,12H,1-5H2,(H,10,13). The van der Waals surface area contributed by atoms with Gasteiger partial charge in [-0.3, -0.25) is 5.10 Å². The fourth-order valence-electron chi connectivity index (χ4n) is 1.50. The SMILES string of the molecule is OCc1n[nH]c(=S)n1CC1CSCCS1. The Morgan fingerprint density at radius 1 is 1.60 bits per heavy atom. The Hall–Kier alpha value is 0.0200. The average Bonchev–Trinajstić information content (AvgIpc) is 2.62. The highest BCUT2D eigenvalue weighted by Gasteiger charge is 2.17. The maximum Gasteiger partial charge on any atom is 0.195 e. The van der Waals surface area contributed by atoms with Gasteiger partial charge in [-0.05, 0) is 12.2 Å². The van der Waals surface area contributed by atoms with E-state index in [0.717, 1.165) is 12.3 Å². The van der Waals surface area contributed by atoms with Gasteiger partial charge in [-0.25, -0.2) is 0 Å². The van der Waals surface area contributed by atoms with E-state index >= 15 is 0 Å². The van der Waals surface area contributed by atoms with Crippen molar-refractivity contribution in [2.45, 2.75) is 18.4 Å². The molecule has 2 N–H and O–H groups in total. The van der Waals surface area contributed by atoms with Crippen molar-refractivity contribution in [3.8, 4) is 0 Å². The van der Waals surface area contributed by atoms with Crippen LogP contribution in [0, 0.1) is 4.77 Å². The van der Waals surface area contributed by atoms with Crippen LogP contribution in [0.4, 0.5) is 0 Å². The van der Waals surface area contributed by atoms with Gasteiger partial charge in [0, 0.05) is 29.1 Å². The number of nitrogens with zero attached hydrogens (tertiary/aromatic N) is 2. The van der Waals surface area contributed by atoms with Crippen molar-refractivity contribution in [1.82, 2.24) is 14.8 Å². The first-order chi connectivity index (χ1) is 7.31. The van der Waals surface area contributed by atoms with Crippen molar-refractivity contribution in [2.24, 2.45) is 0 Å². The fourth-order valence-corrected chi connectivity index (χ4v) is 4.38. The molecule has 4 nitrogen and oxygen atoms in total. The fraction of sp³-hybridized carbons (Fsp3) is 0.750. The second kappa shape index (κ2) is 5.38. The summed E-state index contributed by atoms with van der Waals surface area (Å²) in [5, 5.41) is 16.4. The van der Waals surface area contributed by atoms with Crippen LogP contribution in [0.25, 0.3) is 0 Å². The minimum absolute atomic E-state index is 0.0579. The minimum atomic E-state index is -0.0579. The zero-order valence-corrected chi connectivity index (χ0v) is 10.6. The number of hydrogen-bond donors (Lipinski definition) is 2. The van der Waals surface area contributed by atoms with Crippen LogP contribution < -0.4 is 0 Å². The van der Waals surface area contributed by atoms with Gasteiger partial charge in [0.15, 0.2) is 10.6 Å². The Morgan fingerprint density at radius 3 is 3.13 bits per heavy atom. The predicted molar refractivity (Wildman–Crippen MR) is 66.9 cm³/mol. The van der Waals surface area contributed by atoms with Gasteiger partial charge in [0.2, 0.25) is 0 Å². The lowest BCUT2D eigenvalue weighted by Crippen LogP contribution is -2.21. The van der Waals surface area contributed by atoms with Gasteiger partial charge < -0.3 is 9.67 Å². The van der Waals surface area contributed by atoms with Crippen molar-refractivity contribution in [3.63, 3.8) is 0 Å². The summed E-state index contributed by atoms with van der Waals surface area (Å²) in [5.74, 6) is 4.23. The number of rotatable bonds is 3. The number of H-pyrrole nitrogens is 1. The number of aromatic nitrogens is 3. The summed E-state index contributed by atoms with van der Waals surface area (Å²) in [5.41, 5.74) is 0. The number of thioether (sulfide) groups is 2. The zero-order valence-electron chi connectivity index (χ0n) is 8.18. The summed E-state index contributed by atoms with van der Waals surface area (Å²) in [7, 11) is 0. The average molecular weight is 263 g/mol. The third kappa shape index (κ3) is 2.77. The van der Waals surface area contributed by atoms with Crippen LogP contribution in [0.3, 0.4) is 0 Å². The number of aromatic amines is 1. The Kier molecular flexibility index (Phi) is 4.13. The molecule has 0 spiro atoms. The number of hydrogen-bond acceptors (Lipinski definition) is 5. The van der Waals surface area contributed by atoms with E-state index in [-0.39, 0.29) is 6.61 Å². The predicted octanol–water partition coefficient (Wildman–Crippen LogP) is 1.28. The molecule has 1 atom stereocenters. The molecule has 1 aromatic heterocycles. The van der Waals surface area contributed by atoms with E-state index in [9.17, 15) is 0 Å². The van der Waals surface area contributed by atoms with E-state index < -0.39 is 0 Å². The van der Waals surface area contributed by atoms with Crippen LogP contribution in [0.15, 0.2) is 0 Å². The van der Waals surface area contributed by atoms with Crippen LogP contribution in [-0.4, -0.2) is 42.4 Å². The molecule has 0 saturated carbocycles. The normalized spacial score (nSPS) is 21.8. The highest BCUT2D eigenvalue weighted by Crippen LogP contribution is 2.25. The second-order valence-corrected chi connectivity index (χ2v) is 6.23. The number of nitrogens with one attached hydrogen (secondary N) is 1. The molecule has 0 aliphatic carbocycles. The van der Waals surface area contributed by atoms with E-state index in [4.69, 9.17) is 17.3 Å². The maximum absolute atomic E-state index is 9.10. The van der Waals surface area contributed by atoms with Crippen molar-refractivity contribution >= 4 is 35.7 Å². The number of aliphatic hydroxyl groups excluding tert-OH is 1. The molecular weight excluding hydrogens is 250 g/mol. The summed E-state index contributed by atoms with van der Waals surface area (Å²) in [6.45, 7) is 0.792.